The van der Waals surface area contributed by atoms with E-state index in [0.29, 0.717) is 17.0 Å². The molecule has 0 aliphatic heterocycles. The summed E-state index contributed by atoms with van der Waals surface area (Å²) in [5.74, 6) is -0.658. The van der Waals surface area contributed by atoms with Crippen molar-refractivity contribution in [3.05, 3.63) is 65.2 Å². The van der Waals surface area contributed by atoms with Crippen LogP contribution in [0.3, 0.4) is 0 Å². The van der Waals surface area contributed by atoms with Gasteiger partial charge in [-0.3, -0.25) is 4.98 Å². The Labute approximate surface area is 152 Å². The van der Waals surface area contributed by atoms with Gasteiger partial charge in [0.1, 0.15) is 18.5 Å². The van der Waals surface area contributed by atoms with Crippen LogP contribution in [0.1, 0.15) is 36.8 Å². The fourth-order valence-corrected chi connectivity index (χ4v) is 2.24. The minimum Gasteiger partial charge on any atom is -0.490 e. The highest BCUT2D eigenvalue weighted by Gasteiger charge is 2.11. The Kier molecular flexibility index (Phi) is 7.17. The Bertz CT molecular complexity index is 738. The molecule has 2 aromatic rings. The largest absolute Gasteiger partial charge is 0.490 e. The number of hydrogen-bond donors (Lipinski definition) is 2. The lowest BCUT2D eigenvalue weighted by atomic mass is 10.1. The molecule has 0 unspecified atom stereocenters. The highest BCUT2D eigenvalue weighted by Crippen LogP contribution is 2.18. The molecule has 26 heavy (non-hydrogen) atoms. The SMILES string of the molecule is CCO/C(=C\c1ccc(OC[C@H](O)c2ccc(CC)cn2)cc1)C(=O)O. The second kappa shape index (κ2) is 9.58. The van der Waals surface area contributed by atoms with Gasteiger partial charge in [0.05, 0.1) is 12.3 Å². The minimum atomic E-state index is -1.11. The van der Waals surface area contributed by atoms with E-state index in [1.807, 2.05) is 13.0 Å². The van der Waals surface area contributed by atoms with Crippen LogP contribution in [0.15, 0.2) is 48.4 Å². The molecule has 0 spiro atoms. The highest BCUT2D eigenvalue weighted by molar-refractivity contribution is 5.89. The lowest BCUT2D eigenvalue weighted by Crippen LogP contribution is -2.11. The van der Waals surface area contributed by atoms with Crippen molar-refractivity contribution in [3.63, 3.8) is 0 Å². The molecule has 2 N–H and O–H groups in total. The number of rotatable bonds is 9. The van der Waals surface area contributed by atoms with E-state index in [1.54, 1.807) is 43.5 Å². The first-order chi connectivity index (χ1) is 12.5. The second-order valence-electron chi connectivity index (χ2n) is 5.59. The van der Waals surface area contributed by atoms with Gasteiger partial charge >= 0.3 is 5.97 Å². The number of nitrogens with zero attached hydrogens (tertiary/aromatic N) is 1. The maximum Gasteiger partial charge on any atom is 0.371 e. The number of carboxylic acid groups (broad SMARTS) is 1. The van der Waals surface area contributed by atoms with Gasteiger partial charge in [-0.2, -0.15) is 0 Å². The van der Waals surface area contributed by atoms with E-state index >= 15 is 0 Å². The van der Waals surface area contributed by atoms with Crippen molar-refractivity contribution in [3.8, 4) is 5.75 Å². The molecule has 0 amide bonds. The third kappa shape index (κ3) is 5.60. The van der Waals surface area contributed by atoms with Crippen LogP contribution in [0.4, 0.5) is 0 Å². The third-order valence-corrected chi connectivity index (χ3v) is 3.69. The van der Waals surface area contributed by atoms with Crippen LogP contribution in [-0.4, -0.2) is 34.4 Å². The molecule has 0 saturated carbocycles. The zero-order valence-electron chi connectivity index (χ0n) is 14.9. The summed E-state index contributed by atoms with van der Waals surface area (Å²) in [4.78, 5) is 15.3. The van der Waals surface area contributed by atoms with E-state index in [2.05, 4.69) is 4.98 Å². The average molecular weight is 357 g/mol. The van der Waals surface area contributed by atoms with E-state index < -0.39 is 12.1 Å². The van der Waals surface area contributed by atoms with Crippen LogP contribution in [-0.2, 0) is 16.0 Å². The van der Waals surface area contributed by atoms with E-state index in [-0.39, 0.29) is 19.0 Å². The molecule has 1 heterocycles. The number of aryl methyl sites for hydroxylation is 1. The van der Waals surface area contributed by atoms with Crippen LogP contribution in [0, 0.1) is 0 Å². The first kappa shape index (κ1) is 19.5. The number of aliphatic hydroxyl groups excluding tert-OH is 1. The lowest BCUT2D eigenvalue weighted by molar-refractivity contribution is -0.136. The van der Waals surface area contributed by atoms with Crippen molar-refractivity contribution in [2.24, 2.45) is 0 Å². The molecule has 0 aliphatic carbocycles. The molecule has 1 aromatic heterocycles. The molecule has 0 radical (unpaired) electrons. The fraction of sp³-hybridized carbons (Fsp3) is 0.300. The molecular weight excluding hydrogens is 334 g/mol. The zero-order valence-corrected chi connectivity index (χ0v) is 14.9. The number of ether oxygens (including phenoxy) is 2. The number of carboxylic acids is 1. The molecule has 0 aliphatic rings. The van der Waals surface area contributed by atoms with E-state index in [4.69, 9.17) is 14.6 Å². The van der Waals surface area contributed by atoms with Crippen molar-refractivity contribution in [2.75, 3.05) is 13.2 Å². The number of carbonyl (C=O) groups is 1. The summed E-state index contributed by atoms with van der Waals surface area (Å²) in [5.41, 5.74) is 2.35. The first-order valence-corrected chi connectivity index (χ1v) is 8.47. The van der Waals surface area contributed by atoms with Crippen molar-refractivity contribution in [2.45, 2.75) is 26.4 Å². The number of aromatic nitrogens is 1. The van der Waals surface area contributed by atoms with Crippen LogP contribution in [0.2, 0.25) is 0 Å². The Balaban J connectivity index is 1.96. The smallest absolute Gasteiger partial charge is 0.371 e. The molecule has 1 atom stereocenters. The van der Waals surface area contributed by atoms with Gasteiger partial charge in [0, 0.05) is 6.20 Å². The third-order valence-electron chi connectivity index (χ3n) is 3.69. The summed E-state index contributed by atoms with van der Waals surface area (Å²) in [6.45, 7) is 4.13. The van der Waals surface area contributed by atoms with E-state index in [0.717, 1.165) is 12.0 Å². The van der Waals surface area contributed by atoms with Gasteiger partial charge in [0.2, 0.25) is 5.76 Å². The molecule has 1 aromatic carbocycles. The molecule has 6 nitrogen and oxygen atoms in total. The Hall–Kier alpha value is -2.86. The maximum atomic E-state index is 11.1. The number of aliphatic carboxylic acids is 1. The molecule has 0 fully saturated rings. The molecule has 0 saturated heterocycles. The van der Waals surface area contributed by atoms with E-state index in [9.17, 15) is 9.90 Å². The van der Waals surface area contributed by atoms with Crippen LogP contribution in [0.25, 0.3) is 6.08 Å². The monoisotopic (exact) mass is 357 g/mol. The van der Waals surface area contributed by atoms with Crippen molar-refractivity contribution < 1.29 is 24.5 Å². The molecule has 0 bridgehead atoms. The highest BCUT2D eigenvalue weighted by atomic mass is 16.5. The van der Waals surface area contributed by atoms with Gasteiger partial charge in [-0.15, -0.1) is 0 Å². The van der Waals surface area contributed by atoms with Crippen molar-refractivity contribution >= 4 is 12.0 Å². The predicted octanol–water partition coefficient (Wildman–Crippen LogP) is 3.22. The molecule has 2 rings (SSSR count). The summed E-state index contributed by atoms with van der Waals surface area (Å²) in [5, 5.41) is 19.2. The van der Waals surface area contributed by atoms with Gasteiger partial charge in [0.25, 0.3) is 0 Å². The van der Waals surface area contributed by atoms with Crippen LogP contribution < -0.4 is 4.74 Å². The maximum absolute atomic E-state index is 11.1. The van der Waals surface area contributed by atoms with Gasteiger partial charge in [-0.25, -0.2) is 4.79 Å². The fourth-order valence-electron chi connectivity index (χ4n) is 2.24. The number of aliphatic hydroxyl groups is 1. The Morgan fingerprint density at radius 2 is 1.92 bits per heavy atom. The number of pyridine rings is 1. The molecular formula is C20H23NO5. The van der Waals surface area contributed by atoms with Crippen molar-refractivity contribution in [1.82, 2.24) is 4.98 Å². The van der Waals surface area contributed by atoms with Crippen molar-refractivity contribution in [1.29, 1.82) is 0 Å². The molecule has 138 valence electrons. The first-order valence-electron chi connectivity index (χ1n) is 8.47. The lowest BCUT2D eigenvalue weighted by Gasteiger charge is -2.12. The number of hydrogen-bond acceptors (Lipinski definition) is 5. The predicted molar refractivity (Wildman–Crippen MR) is 97.8 cm³/mol. The summed E-state index contributed by atoms with van der Waals surface area (Å²) in [6.07, 6.45) is 3.27. The Morgan fingerprint density at radius 1 is 1.19 bits per heavy atom. The van der Waals surface area contributed by atoms with Crippen LogP contribution in [0.5, 0.6) is 5.75 Å². The zero-order chi connectivity index (χ0) is 18.9. The Morgan fingerprint density at radius 3 is 2.46 bits per heavy atom. The summed E-state index contributed by atoms with van der Waals surface area (Å²) < 4.78 is 10.6. The van der Waals surface area contributed by atoms with E-state index in [1.165, 1.54) is 6.08 Å². The van der Waals surface area contributed by atoms with Crippen LogP contribution >= 0.6 is 0 Å². The molecule has 6 heteroatoms. The van der Waals surface area contributed by atoms with Gasteiger partial charge in [0.15, 0.2) is 0 Å². The summed E-state index contributed by atoms with van der Waals surface area (Å²) >= 11 is 0. The second-order valence-corrected chi connectivity index (χ2v) is 5.59. The number of benzene rings is 1. The van der Waals surface area contributed by atoms with Gasteiger partial charge in [-0.1, -0.05) is 25.1 Å². The minimum absolute atomic E-state index is 0.0764. The summed E-state index contributed by atoms with van der Waals surface area (Å²) in [7, 11) is 0. The normalized spacial score (nSPS) is 12.5. The van der Waals surface area contributed by atoms with Gasteiger partial charge < -0.3 is 19.7 Å². The quantitative estimate of drug-likeness (QED) is 0.529. The topological polar surface area (TPSA) is 88.9 Å². The van der Waals surface area contributed by atoms with Gasteiger partial charge in [-0.05, 0) is 48.7 Å². The standard InChI is InChI=1S/C20H23NO5/c1-3-14-7-10-17(21-12-14)18(22)13-26-16-8-5-15(6-9-16)11-19(20(23)24)25-4-2/h5-12,18,22H,3-4,13H2,1-2H3,(H,23,24)/b19-11-/t18-/m0/s1. The average Bonchev–Trinajstić information content (AvgIpc) is 2.66. The summed E-state index contributed by atoms with van der Waals surface area (Å²) in [6, 6.07) is 10.6.